The maximum atomic E-state index is 11.7. The standard InChI is InChI=1S/C14H21NO4/c1-4-15-14(2,13(17)18-3)10-19-12-7-5-11(9-16)6-8-12/h5-8,15-16H,4,9-10H2,1-3H3. The Morgan fingerprint density at radius 3 is 2.47 bits per heavy atom. The van der Waals surface area contributed by atoms with Gasteiger partial charge in [0, 0.05) is 0 Å². The highest BCUT2D eigenvalue weighted by Crippen LogP contribution is 2.15. The van der Waals surface area contributed by atoms with Gasteiger partial charge in [-0.1, -0.05) is 19.1 Å². The number of benzene rings is 1. The van der Waals surface area contributed by atoms with Crippen LogP contribution in [0.3, 0.4) is 0 Å². The van der Waals surface area contributed by atoms with Crippen LogP contribution in [-0.4, -0.2) is 36.9 Å². The predicted octanol–water partition coefficient (Wildman–Crippen LogP) is 1.10. The van der Waals surface area contributed by atoms with E-state index in [1.165, 1.54) is 7.11 Å². The number of nitrogens with one attached hydrogen (secondary N) is 1. The Labute approximate surface area is 113 Å². The topological polar surface area (TPSA) is 67.8 Å². The van der Waals surface area contributed by atoms with Crippen LogP contribution < -0.4 is 10.1 Å². The first kappa shape index (κ1) is 15.5. The molecule has 0 aliphatic heterocycles. The van der Waals surface area contributed by atoms with Crippen molar-refractivity contribution in [2.24, 2.45) is 0 Å². The molecule has 0 saturated heterocycles. The lowest BCUT2D eigenvalue weighted by molar-refractivity contribution is -0.149. The molecule has 0 aliphatic carbocycles. The Hall–Kier alpha value is -1.59. The molecule has 0 saturated carbocycles. The molecule has 0 spiro atoms. The summed E-state index contributed by atoms with van der Waals surface area (Å²) >= 11 is 0. The summed E-state index contributed by atoms with van der Waals surface area (Å²) in [5.41, 5.74) is -0.0612. The molecular formula is C14H21NO4. The number of esters is 1. The minimum absolute atomic E-state index is 0.00243. The zero-order valence-electron chi connectivity index (χ0n) is 11.6. The molecule has 1 rings (SSSR count). The maximum Gasteiger partial charge on any atom is 0.329 e. The molecule has 5 heteroatoms. The average Bonchev–Trinajstić information content (AvgIpc) is 2.45. The van der Waals surface area contributed by atoms with Gasteiger partial charge in [0.2, 0.25) is 0 Å². The van der Waals surface area contributed by atoms with Gasteiger partial charge in [-0.05, 0) is 31.2 Å². The van der Waals surface area contributed by atoms with E-state index >= 15 is 0 Å². The molecule has 0 heterocycles. The summed E-state index contributed by atoms with van der Waals surface area (Å²) in [6.07, 6.45) is 0. The van der Waals surface area contributed by atoms with E-state index in [9.17, 15) is 4.79 Å². The molecule has 0 fully saturated rings. The smallest absolute Gasteiger partial charge is 0.329 e. The highest BCUT2D eigenvalue weighted by molar-refractivity contribution is 5.80. The molecule has 1 atom stereocenters. The van der Waals surface area contributed by atoms with Gasteiger partial charge in [0.15, 0.2) is 0 Å². The van der Waals surface area contributed by atoms with E-state index < -0.39 is 5.54 Å². The second-order valence-electron chi connectivity index (χ2n) is 4.44. The van der Waals surface area contributed by atoms with Crippen LogP contribution in [0.25, 0.3) is 0 Å². The minimum atomic E-state index is -0.876. The molecule has 1 aromatic carbocycles. The first-order valence-electron chi connectivity index (χ1n) is 6.21. The molecule has 0 amide bonds. The van der Waals surface area contributed by atoms with Crippen molar-refractivity contribution in [3.8, 4) is 5.75 Å². The van der Waals surface area contributed by atoms with Gasteiger partial charge in [-0.2, -0.15) is 0 Å². The van der Waals surface area contributed by atoms with Crippen LogP contribution in [0.1, 0.15) is 19.4 Å². The lowest BCUT2D eigenvalue weighted by Gasteiger charge is -2.27. The van der Waals surface area contributed by atoms with Crippen LogP contribution in [0, 0.1) is 0 Å². The van der Waals surface area contributed by atoms with Gasteiger partial charge in [-0.15, -0.1) is 0 Å². The predicted molar refractivity (Wildman–Crippen MR) is 72.0 cm³/mol. The molecule has 5 nitrogen and oxygen atoms in total. The monoisotopic (exact) mass is 267 g/mol. The highest BCUT2D eigenvalue weighted by atomic mass is 16.5. The summed E-state index contributed by atoms with van der Waals surface area (Å²) in [4.78, 5) is 11.7. The van der Waals surface area contributed by atoms with Gasteiger partial charge < -0.3 is 14.6 Å². The number of hydrogen-bond donors (Lipinski definition) is 2. The number of hydrogen-bond acceptors (Lipinski definition) is 5. The molecule has 0 aromatic heterocycles. The summed E-state index contributed by atoms with van der Waals surface area (Å²) in [5.74, 6) is 0.284. The van der Waals surface area contributed by atoms with E-state index in [1.54, 1.807) is 31.2 Å². The van der Waals surface area contributed by atoms with Crippen molar-refractivity contribution in [2.45, 2.75) is 26.0 Å². The summed E-state index contributed by atoms with van der Waals surface area (Å²) in [7, 11) is 1.36. The highest BCUT2D eigenvalue weighted by Gasteiger charge is 2.34. The second-order valence-corrected chi connectivity index (χ2v) is 4.44. The fourth-order valence-corrected chi connectivity index (χ4v) is 1.72. The van der Waals surface area contributed by atoms with Gasteiger partial charge in [-0.3, -0.25) is 5.32 Å². The first-order valence-corrected chi connectivity index (χ1v) is 6.21. The van der Waals surface area contributed by atoms with Gasteiger partial charge in [0.1, 0.15) is 17.9 Å². The van der Waals surface area contributed by atoms with Crippen molar-refractivity contribution in [3.05, 3.63) is 29.8 Å². The van der Waals surface area contributed by atoms with Crippen LogP contribution in [0.15, 0.2) is 24.3 Å². The van der Waals surface area contributed by atoms with E-state index in [0.29, 0.717) is 12.3 Å². The van der Waals surface area contributed by atoms with Crippen molar-refractivity contribution in [1.82, 2.24) is 5.32 Å². The average molecular weight is 267 g/mol. The summed E-state index contributed by atoms with van der Waals surface area (Å²) < 4.78 is 10.4. The van der Waals surface area contributed by atoms with Crippen molar-refractivity contribution >= 4 is 5.97 Å². The van der Waals surface area contributed by atoms with Gasteiger partial charge in [-0.25, -0.2) is 4.79 Å². The molecule has 0 aliphatic rings. The first-order chi connectivity index (χ1) is 9.05. The van der Waals surface area contributed by atoms with Gasteiger partial charge in [0.05, 0.1) is 13.7 Å². The van der Waals surface area contributed by atoms with Crippen molar-refractivity contribution in [3.63, 3.8) is 0 Å². The number of aliphatic hydroxyl groups is 1. The Morgan fingerprint density at radius 1 is 1.37 bits per heavy atom. The molecule has 1 aromatic rings. The van der Waals surface area contributed by atoms with E-state index in [-0.39, 0.29) is 19.2 Å². The number of likely N-dealkylation sites (N-methyl/N-ethyl adjacent to an activating group) is 1. The zero-order valence-corrected chi connectivity index (χ0v) is 11.6. The van der Waals surface area contributed by atoms with Gasteiger partial charge >= 0.3 is 5.97 Å². The Bertz CT molecular complexity index is 404. The molecular weight excluding hydrogens is 246 g/mol. The quantitative estimate of drug-likeness (QED) is 0.724. The number of ether oxygens (including phenoxy) is 2. The summed E-state index contributed by atoms with van der Waals surface area (Å²) in [6, 6.07) is 7.07. The van der Waals surface area contributed by atoms with Crippen molar-refractivity contribution < 1.29 is 19.4 Å². The Morgan fingerprint density at radius 2 is 2.00 bits per heavy atom. The molecule has 106 valence electrons. The van der Waals surface area contributed by atoms with Crippen LogP contribution in [0.2, 0.25) is 0 Å². The Balaban J connectivity index is 2.67. The van der Waals surface area contributed by atoms with Crippen LogP contribution in [0.5, 0.6) is 5.75 Å². The second kappa shape index (κ2) is 7.11. The lowest BCUT2D eigenvalue weighted by Crippen LogP contribution is -2.54. The van der Waals surface area contributed by atoms with Gasteiger partial charge in [0.25, 0.3) is 0 Å². The molecule has 1 unspecified atom stereocenters. The normalized spacial score (nSPS) is 13.7. The van der Waals surface area contributed by atoms with Crippen LogP contribution in [-0.2, 0) is 16.1 Å². The largest absolute Gasteiger partial charge is 0.491 e. The number of rotatable bonds is 7. The van der Waals surface area contributed by atoms with E-state index in [0.717, 1.165) is 5.56 Å². The fraction of sp³-hybridized carbons (Fsp3) is 0.500. The van der Waals surface area contributed by atoms with Crippen molar-refractivity contribution in [2.75, 3.05) is 20.3 Å². The maximum absolute atomic E-state index is 11.7. The molecule has 19 heavy (non-hydrogen) atoms. The number of carbonyl (C=O) groups is 1. The summed E-state index contributed by atoms with van der Waals surface area (Å²) in [5, 5.41) is 12.0. The Kier molecular flexibility index (Phi) is 5.79. The minimum Gasteiger partial charge on any atom is -0.491 e. The fourth-order valence-electron chi connectivity index (χ4n) is 1.72. The number of aliphatic hydroxyl groups excluding tert-OH is 1. The van der Waals surface area contributed by atoms with Crippen molar-refractivity contribution in [1.29, 1.82) is 0 Å². The zero-order chi connectivity index (χ0) is 14.3. The van der Waals surface area contributed by atoms with E-state index in [1.807, 2.05) is 6.92 Å². The van der Waals surface area contributed by atoms with E-state index in [2.05, 4.69) is 5.32 Å². The van der Waals surface area contributed by atoms with E-state index in [4.69, 9.17) is 14.6 Å². The third-order valence-corrected chi connectivity index (χ3v) is 2.84. The molecule has 2 N–H and O–H groups in total. The number of methoxy groups -OCH3 is 1. The SMILES string of the molecule is CCNC(C)(COc1ccc(CO)cc1)C(=O)OC. The van der Waals surface area contributed by atoms with Crippen LogP contribution >= 0.6 is 0 Å². The molecule has 0 radical (unpaired) electrons. The lowest BCUT2D eigenvalue weighted by atomic mass is 10.0. The number of carbonyl (C=O) groups excluding carboxylic acids is 1. The molecule has 0 bridgehead atoms. The third kappa shape index (κ3) is 4.22. The third-order valence-electron chi connectivity index (χ3n) is 2.84. The van der Waals surface area contributed by atoms with Crippen LogP contribution in [0.4, 0.5) is 0 Å². The summed E-state index contributed by atoms with van der Waals surface area (Å²) in [6.45, 7) is 4.46.